The van der Waals surface area contributed by atoms with Crippen LogP contribution in [0.4, 0.5) is 5.69 Å². The Hall–Kier alpha value is -2.07. The largest absolute Gasteiger partial charge is 0.456 e. The van der Waals surface area contributed by atoms with Gasteiger partial charge in [0.25, 0.3) is 0 Å². The van der Waals surface area contributed by atoms with E-state index in [0.29, 0.717) is 4.99 Å². The summed E-state index contributed by atoms with van der Waals surface area (Å²) in [6, 6.07) is 13.7. The highest BCUT2D eigenvalue weighted by Gasteiger charge is 2.10. The van der Waals surface area contributed by atoms with E-state index in [-0.39, 0.29) is 0 Å². The summed E-state index contributed by atoms with van der Waals surface area (Å²) in [4.78, 5) is 2.37. The monoisotopic (exact) mass is 286 g/mol. The number of para-hydroxylation sites is 1. The molecule has 2 aromatic carbocycles. The first-order valence-electron chi connectivity index (χ1n) is 6.33. The molecule has 0 aliphatic heterocycles. The van der Waals surface area contributed by atoms with Crippen molar-refractivity contribution in [3.63, 3.8) is 0 Å². The molecule has 0 unspecified atom stereocenters. The summed E-state index contributed by atoms with van der Waals surface area (Å²) in [6.45, 7) is 1.98. The van der Waals surface area contributed by atoms with Crippen LogP contribution in [-0.4, -0.2) is 19.1 Å². The molecule has 0 aromatic heterocycles. The number of hydrogen-bond donors (Lipinski definition) is 1. The molecule has 0 aliphatic rings. The van der Waals surface area contributed by atoms with Gasteiger partial charge in [-0.25, -0.2) is 0 Å². The van der Waals surface area contributed by atoms with Crippen molar-refractivity contribution in [2.24, 2.45) is 5.73 Å². The number of rotatable bonds is 4. The van der Waals surface area contributed by atoms with Gasteiger partial charge in [-0.1, -0.05) is 30.4 Å². The lowest BCUT2D eigenvalue weighted by Gasteiger charge is -2.16. The Balaban J connectivity index is 2.40. The van der Waals surface area contributed by atoms with Crippen molar-refractivity contribution in [3.8, 4) is 11.5 Å². The molecule has 4 heteroatoms. The van der Waals surface area contributed by atoms with Crippen LogP contribution in [0.1, 0.15) is 11.1 Å². The van der Waals surface area contributed by atoms with Crippen molar-refractivity contribution in [2.45, 2.75) is 6.92 Å². The van der Waals surface area contributed by atoms with Gasteiger partial charge in [0.15, 0.2) is 0 Å². The highest BCUT2D eigenvalue weighted by molar-refractivity contribution is 7.80. The average molecular weight is 286 g/mol. The van der Waals surface area contributed by atoms with Gasteiger partial charge in [0.2, 0.25) is 0 Å². The lowest BCUT2D eigenvalue weighted by molar-refractivity contribution is 0.478. The molecule has 0 fully saturated rings. The maximum Gasteiger partial charge on any atom is 0.140 e. The maximum atomic E-state index is 6.00. The van der Waals surface area contributed by atoms with E-state index in [9.17, 15) is 0 Å². The number of nitrogens with zero attached hydrogens (tertiary/aromatic N) is 1. The molecule has 0 saturated heterocycles. The molecule has 0 spiro atoms. The zero-order valence-corrected chi connectivity index (χ0v) is 12.7. The fourth-order valence-corrected chi connectivity index (χ4v) is 2.09. The molecule has 2 aromatic rings. The maximum absolute atomic E-state index is 6.00. The Morgan fingerprint density at radius 1 is 1.15 bits per heavy atom. The predicted molar refractivity (Wildman–Crippen MR) is 87.9 cm³/mol. The summed E-state index contributed by atoms with van der Waals surface area (Å²) >= 11 is 5.08. The molecule has 3 nitrogen and oxygen atoms in total. The van der Waals surface area contributed by atoms with Crippen molar-refractivity contribution < 1.29 is 4.74 Å². The second kappa shape index (κ2) is 5.92. The van der Waals surface area contributed by atoms with Gasteiger partial charge in [-0.3, -0.25) is 0 Å². The second-order valence-electron chi connectivity index (χ2n) is 4.81. The van der Waals surface area contributed by atoms with Crippen molar-refractivity contribution in [1.82, 2.24) is 0 Å². The molecule has 0 amide bonds. The van der Waals surface area contributed by atoms with Crippen LogP contribution < -0.4 is 15.4 Å². The molecule has 104 valence electrons. The summed E-state index contributed by atoms with van der Waals surface area (Å²) in [5.74, 6) is 1.49. The molecule has 0 radical (unpaired) electrons. The molecule has 2 N–H and O–H groups in total. The lowest BCUT2D eigenvalue weighted by Crippen LogP contribution is -2.11. The predicted octanol–water partition coefficient (Wildman–Crippen LogP) is 3.49. The molecule has 20 heavy (non-hydrogen) atoms. The van der Waals surface area contributed by atoms with Crippen LogP contribution in [0, 0.1) is 6.92 Å². The van der Waals surface area contributed by atoms with Crippen molar-refractivity contribution >= 4 is 22.9 Å². The highest BCUT2D eigenvalue weighted by Crippen LogP contribution is 2.30. The first-order valence-corrected chi connectivity index (χ1v) is 6.74. The lowest BCUT2D eigenvalue weighted by atomic mass is 10.1. The number of ether oxygens (including phenoxy) is 1. The van der Waals surface area contributed by atoms with Crippen LogP contribution >= 0.6 is 12.2 Å². The molecule has 0 aliphatic carbocycles. The number of anilines is 1. The van der Waals surface area contributed by atoms with Gasteiger partial charge in [0.05, 0.1) is 5.56 Å². The summed E-state index contributed by atoms with van der Waals surface area (Å²) in [6.07, 6.45) is 0. The van der Waals surface area contributed by atoms with E-state index >= 15 is 0 Å². The van der Waals surface area contributed by atoms with Crippen LogP contribution in [0.5, 0.6) is 11.5 Å². The van der Waals surface area contributed by atoms with E-state index in [1.54, 1.807) is 0 Å². The van der Waals surface area contributed by atoms with Crippen molar-refractivity contribution in [2.75, 3.05) is 19.0 Å². The smallest absolute Gasteiger partial charge is 0.140 e. The van der Waals surface area contributed by atoms with Crippen LogP contribution in [0.25, 0.3) is 0 Å². The number of benzene rings is 2. The van der Waals surface area contributed by atoms with Crippen LogP contribution in [0.15, 0.2) is 42.5 Å². The minimum absolute atomic E-state index is 0.340. The standard InChI is InChI=1S/C16H18N2OS/c1-11-6-4-9-14(16(17)20)15(11)19-13-8-5-7-12(10-13)18(2)3/h4-10H,1-3H3,(H2,17,20). The molecule has 0 saturated carbocycles. The molecular formula is C16H18N2OS. The third-order valence-electron chi connectivity index (χ3n) is 3.03. The van der Waals surface area contributed by atoms with Gasteiger partial charge in [0.1, 0.15) is 16.5 Å². The van der Waals surface area contributed by atoms with Gasteiger partial charge in [-0.2, -0.15) is 0 Å². The molecule has 0 atom stereocenters. The van der Waals surface area contributed by atoms with E-state index < -0.39 is 0 Å². The fraction of sp³-hybridized carbons (Fsp3) is 0.188. The van der Waals surface area contributed by atoms with E-state index in [1.165, 1.54) is 0 Å². The normalized spacial score (nSPS) is 10.2. The number of hydrogen-bond acceptors (Lipinski definition) is 3. The number of aryl methyl sites for hydroxylation is 1. The van der Waals surface area contributed by atoms with Gasteiger partial charge >= 0.3 is 0 Å². The topological polar surface area (TPSA) is 38.5 Å². The Bertz CT molecular complexity index is 638. The summed E-state index contributed by atoms with van der Waals surface area (Å²) in [5, 5.41) is 0. The first-order chi connectivity index (χ1) is 9.49. The fourth-order valence-electron chi connectivity index (χ4n) is 1.92. The third-order valence-corrected chi connectivity index (χ3v) is 3.25. The molecule has 0 heterocycles. The molecule has 0 bridgehead atoms. The SMILES string of the molecule is Cc1cccc(C(N)=S)c1Oc1cccc(N(C)C)c1. The highest BCUT2D eigenvalue weighted by atomic mass is 32.1. The van der Waals surface area contributed by atoms with Crippen molar-refractivity contribution in [1.29, 1.82) is 0 Å². The van der Waals surface area contributed by atoms with Crippen LogP contribution in [0.2, 0.25) is 0 Å². The average Bonchev–Trinajstić information content (AvgIpc) is 2.41. The summed E-state index contributed by atoms with van der Waals surface area (Å²) in [7, 11) is 3.99. The summed E-state index contributed by atoms with van der Waals surface area (Å²) in [5.41, 5.74) is 8.60. The number of nitrogens with two attached hydrogens (primary N) is 1. The molecule has 2 rings (SSSR count). The first kappa shape index (κ1) is 14.3. The Labute approximate surface area is 125 Å². The zero-order valence-electron chi connectivity index (χ0n) is 11.9. The van der Waals surface area contributed by atoms with E-state index in [4.69, 9.17) is 22.7 Å². The number of thiocarbonyl (C=S) groups is 1. The third kappa shape index (κ3) is 3.08. The van der Waals surface area contributed by atoms with Gasteiger partial charge in [-0.05, 0) is 30.7 Å². The van der Waals surface area contributed by atoms with Crippen LogP contribution in [0.3, 0.4) is 0 Å². The summed E-state index contributed by atoms with van der Waals surface area (Å²) < 4.78 is 6.00. The zero-order chi connectivity index (χ0) is 14.7. The van der Waals surface area contributed by atoms with Gasteiger partial charge in [-0.15, -0.1) is 0 Å². The van der Waals surface area contributed by atoms with E-state index in [2.05, 4.69) is 0 Å². The van der Waals surface area contributed by atoms with Gasteiger partial charge in [0, 0.05) is 25.8 Å². The van der Waals surface area contributed by atoms with E-state index in [1.807, 2.05) is 68.4 Å². The van der Waals surface area contributed by atoms with Gasteiger partial charge < -0.3 is 15.4 Å². The minimum atomic E-state index is 0.340. The molecular weight excluding hydrogens is 268 g/mol. The quantitative estimate of drug-likeness (QED) is 0.873. The Morgan fingerprint density at radius 3 is 2.50 bits per heavy atom. The Morgan fingerprint density at radius 2 is 1.85 bits per heavy atom. The second-order valence-corrected chi connectivity index (χ2v) is 5.25. The van der Waals surface area contributed by atoms with E-state index in [0.717, 1.165) is 28.3 Å². The Kier molecular flexibility index (Phi) is 4.25. The minimum Gasteiger partial charge on any atom is -0.456 e. The van der Waals surface area contributed by atoms with Crippen molar-refractivity contribution in [3.05, 3.63) is 53.6 Å². The van der Waals surface area contributed by atoms with Crippen LogP contribution in [-0.2, 0) is 0 Å².